The molecule has 0 aliphatic carbocycles. The van der Waals surface area contributed by atoms with Gasteiger partial charge in [-0.05, 0) is 30.7 Å². The monoisotopic (exact) mass is 428 g/mol. The maximum Gasteiger partial charge on any atom is 0.322 e. The molecule has 0 saturated carbocycles. The predicted octanol–water partition coefficient (Wildman–Crippen LogP) is 2.88. The lowest BCUT2D eigenvalue weighted by Crippen LogP contribution is -2.56. The summed E-state index contributed by atoms with van der Waals surface area (Å²) in [5, 5.41) is 23.2. The molecule has 32 heavy (non-hydrogen) atoms. The van der Waals surface area contributed by atoms with Crippen molar-refractivity contribution in [2.45, 2.75) is 19.5 Å². The first-order valence-corrected chi connectivity index (χ1v) is 10.6. The number of anilines is 1. The van der Waals surface area contributed by atoms with E-state index in [1.807, 2.05) is 83.5 Å². The number of carboxylic acids is 1. The van der Waals surface area contributed by atoms with Crippen LogP contribution in [0.3, 0.4) is 0 Å². The van der Waals surface area contributed by atoms with Crippen molar-refractivity contribution in [2.24, 2.45) is 0 Å². The molecule has 0 spiro atoms. The van der Waals surface area contributed by atoms with Gasteiger partial charge in [0, 0.05) is 31.7 Å². The average Bonchev–Trinajstić information content (AvgIpc) is 3.23. The van der Waals surface area contributed by atoms with Gasteiger partial charge in [0.15, 0.2) is 11.5 Å². The van der Waals surface area contributed by atoms with Gasteiger partial charge >= 0.3 is 5.97 Å². The van der Waals surface area contributed by atoms with Crippen LogP contribution < -0.4 is 4.90 Å². The minimum Gasteiger partial charge on any atom is -0.480 e. The number of piperazine rings is 1. The van der Waals surface area contributed by atoms with Gasteiger partial charge in [0.1, 0.15) is 11.9 Å². The number of aromatic nitrogens is 4. The van der Waals surface area contributed by atoms with Crippen LogP contribution in [-0.4, -0.2) is 61.5 Å². The lowest BCUT2D eigenvalue weighted by atomic mass is 10.1. The van der Waals surface area contributed by atoms with Crippen LogP contribution >= 0.6 is 0 Å². The number of hydrogen-bond donors (Lipinski definition) is 1. The van der Waals surface area contributed by atoms with Gasteiger partial charge in [0.05, 0.1) is 0 Å². The van der Waals surface area contributed by atoms with Gasteiger partial charge in [-0.2, -0.15) is 4.52 Å². The lowest BCUT2D eigenvalue weighted by Gasteiger charge is -2.39. The second-order valence-electron chi connectivity index (χ2n) is 8.11. The summed E-state index contributed by atoms with van der Waals surface area (Å²) in [5.74, 6) is 0.566. The Morgan fingerprint density at radius 2 is 1.88 bits per heavy atom. The molecule has 162 valence electrons. The standard InChI is InChI=1S/C24H24N6O2/c1-17-6-5-9-19(14-17)23-26-25-21-10-11-22(27-30(21)23)29-13-12-28(20(16-29)24(31)32)15-18-7-3-2-4-8-18/h2-11,14,20H,12-13,15-16H2,1H3,(H,31,32). The summed E-state index contributed by atoms with van der Waals surface area (Å²) < 4.78 is 1.73. The van der Waals surface area contributed by atoms with Crippen LogP contribution in [0.25, 0.3) is 17.0 Å². The van der Waals surface area contributed by atoms with E-state index in [-0.39, 0.29) is 0 Å². The molecule has 4 aromatic rings. The van der Waals surface area contributed by atoms with Gasteiger partial charge in [0.25, 0.3) is 0 Å². The highest BCUT2D eigenvalue weighted by molar-refractivity contribution is 5.75. The maximum atomic E-state index is 12.1. The Hall–Kier alpha value is -3.78. The van der Waals surface area contributed by atoms with Crippen molar-refractivity contribution in [3.8, 4) is 11.4 Å². The van der Waals surface area contributed by atoms with Crippen LogP contribution in [0, 0.1) is 6.92 Å². The normalized spacial score (nSPS) is 17.0. The topological polar surface area (TPSA) is 86.9 Å². The zero-order valence-electron chi connectivity index (χ0n) is 17.8. The third kappa shape index (κ3) is 3.92. The third-order valence-electron chi connectivity index (χ3n) is 5.85. The number of nitrogens with zero attached hydrogens (tertiary/aromatic N) is 6. The third-order valence-corrected chi connectivity index (χ3v) is 5.85. The van der Waals surface area contributed by atoms with Crippen molar-refractivity contribution >= 4 is 17.4 Å². The molecule has 1 atom stereocenters. The second kappa shape index (κ2) is 8.39. The van der Waals surface area contributed by atoms with Crippen molar-refractivity contribution in [1.29, 1.82) is 0 Å². The van der Waals surface area contributed by atoms with Crippen LogP contribution in [-0.2, 0) is 11.3 Å². The summed E-state index contributed by atoms with van der Waals surface area (Å²) in [6.07, 6.45) is 0. The first-order valence-electron chi connectivity index (χ1n) is 10.6. The fraction of sp³-hybridized carbons (Fsp3) is 0.250. The van der Waals surface area contributed by atoms with Gasteiger partial charge < -0.3 is 10.0 Å². The molecular weight excluding hydrogens is 404 g/mol. The van der Waals surface area contributed by atoms with Crippen LogP contribution in [0.5, 0.6) is 0 Å². The Bertz CT molecular complexity index is 1260. The first kappa shape index (κ1) is 20.1. The molecule has 1 saturated heterocycles. The fourth-order valence-electron chi connectivity index (χ4n) is 4.18. The number of fused-ring (bicyclic) bond motifs is 1. The average molecular weight is 428 g/mol. The largest absolute Gasteiger partial charge is 0.480 e. The summed E-state index contributed by atoms with van der Waals surface area (Å²) in [6.45, 7) is 4.34. The van der Waals surface area contributed by atoms with E-state index in [1.165, 1.54) is 0 Å². The highest BCUT2D eigenvalue weighted by atomic mass is 16.4. The van der Waals surface area contributed by atoms with Gasteiger partial charge in [-0.1, -0.05) is 54.1 Å². The van der Waals surface area contributed by atoms with Crippen LogP contribution in [0.4, 0.5) is 5.82 Å². The van der Waals surface area contributed by atoms with Gasteiger partial charge in [-0.25, -0.2) is 0 Å². The number of carboxylic acid groups (broad SMARTS) is 1. The van der Waals surface area contributed by atoms with E-state index in [2.05, 4.69) is 10.2 Å². The predicted molar refractivity (Wildman–Crippen MR) is 121 cm³/mol. The SMILES string of the molecule is Cc1cccc(-c2nnc3ccc(N4CCN(Cc5ccccc5)C(C(=O)O)C4)nn23)c1. The van der Waals surface area contributed by atoms with E-state index < -0.39 is 12.0 Å². The number of carbonyl (C=O) groups is 1. The maximum absolute atomic E-state index is 12.1. The Morgan fingerprint density at radius 1 is 1.03 bits per heavy atom. The molecule has 1 unspecified atom stereocenters. The second-order valence-corrected chi connectivity index (χ2v) is 8.11. The molecule has 8 heteroatoms. The molecule has 5 rings (SSSR count). The zero-order valence-corrected chi connectivity index (χ0v) is 17.8. The van der Waals surface area contributed by atoms with Crippen molar-refractivity contribution in [3.63, 3.8) is 0 Å². The minimum atomic E-state index is -0.823. The van der Waals surface area contributed by atoms with Crippen LogP contribution in [0.15, 0.2) is 66.7 Å². The number of rotatable bonds is 5. The van der Waals surface area contributed by atoms with E-state index >= 15 is 0 Å². The van der Waals surface area contributed by atoms with E-state index in [1.54, 1.807) is 4.52 Å². The smallest absolute Gasteiger partial charge is 0.322 e. The van der Waals surface area contributed by atoms with Gasteiger partial charge in [-0.15, -0.1) is 15.3 Å². The number of aryl methyl sites for hydroxylation is 1. The minimum absolute atomic E-state index is 0.364. The molecule has 2 aromatic carbocycles. The van der Waals surface area contributed by atoms with E-state index in [0.29, 0.717) is 37.7 Å². The van der Waals surface area contributed by atoms with E-state index in [4.69, 9.17) is 5.10 Å². The first-order chi connectivity index (χ1) is 15.6. The highest BCUT2D eigenvalue weighted by Gasteiger charge is 2.33. The quantitative estimate of drug-likeness (QED) is 0.523. The lowest BCUT2D eigenvalue weighted by molar-refractivity contribution is -0.143. The van der Waals surface area contributed by atoms with Crippen molar-refractivity contribution < 1.29 is 9.90 Å². The Kier molecular flexibility index (Phi) is 5.28. The number of benzene rings is 2. The van der Waals surface area contributed by atoms with Crippen LogP contribution in [0.1, 0.15) is 11.1 Å². The molecule has 0 amide bonds. The highest BCUT2D eigenvalue weighted by Crippen LogP contribution is 2.23. The molecule has 1 aliphatic rings. The summed E-state index contributed by atoms with van der Waals surface area (Å²) in [6, 6.07) is 21.2. The molecule has 8 nitrogen and oxygen atoms in total. The zero-order chi connectivity index (χ0) is 22.1. The van der Waals surface area contributed by atoms with E-state index in [0.717, 1.165) is 22.5 Å². The summed E-state index contributed by atoms with van der Waals surface area (Å²) in [5.41, 5.74) is 3.84. The molecule has 1 fully saturated rings. The molecule has 0 radical (unpaired) electrons. The van der Waals surface area contributed by atoms with Gasteiger partial charge in [-0.3, -0.25) is 9.69 Å². The summed E-state index contributed by atoms with van der Waals surface area (Å²) in [7, 11) is 0. The van der Waals surface area contributed by atoms with E-state index in [9.17, 15) is 9.90 Å². The van der Waals surface area contributed by atoms with Crippen LogP contribution in [0.2, 0.25) is 0 Å². The van der Waals surface area contributed by atoms with Crippen molar-refractivity contribution in [2.75, 3.05) is 24.5 Å². The molecule has 1 N–H and O–H groups in total. The molecule has 0 bridgehead atoms. The Balaban J connectivity index is 1.41. The van der Waals surface area contributed by atoms with Gasteiger partial charge in [0.2, 0.25) is 0 Å². The van der Waals surface area contributed by atoms with Crippen molar-refractivity contribution in [1.82, 2.24) is 24.7 Å². The molecular formula is C24H24N6O2. The molecule has 3 heterocycles. The molecule has 2 aromatic heterocycles. The number of aliphatic carboxylic acids is 1. The Labute approximate surface area is 185 Å². The van der Waals surface area contributed by atoms with Crippen molar-refractivity contribution in [3.05, 3.63) is 77.9 Å². The summed E-state index contributed by atoms with van der Waals surface area (Å²) in [4.78, 5) is 16.1. The fourth-order valence-corrected chi connectivity index (χ4v) is 4.18. The Morgan fingerprint density at radius 3 is 2.66 bits per heavy atom. The summed E-state index contributed by atoms with van der Waals surface area (Å²) >= 11 is 0. The number of hydrogen-bond acceptors (Lipinski definition) is 6. The molecule has 1 aliphatic heterocycles.